The monoisotopic (exact) mass is 349 g/mol. The summed E-state index contributed by atoms with van der Waals surface area (Å²) in [5.41, 5.74) is 2.37. The summed E-state index contributed by atoms with van der Waals surface area (Å²) >= 11 is 0. The zero-order chi connectivity index (χ0) is 17.7. The third-order valence-electron chi connectivity index (χ3n) is 3.74. The fourth-order valence-electron chi connectivity index (χ4n) is 2.53. The van der Waals surface area contributed by atoms with E-state index in [1.807, 2.05) is 37.3 Å². The van der Waals surface area contributed by atoms with Crippen LogP contribution < -0.4 is 0 Å². The van der Waals surface area contributed by atoms with E-state index in [2.05, 4.69) is 0 Å². The Balaban J connectivity index is 2.02. The van der Waals surface area contributed by atoms with Crippen LogP contribution in [0.5, 0.6) is 0 Å². The fraction of sp³-hybridized carbons (Fsp3) is 0.389. The predicted molar refractivity (Wildman–Crippen MR) is 96.6 cm³/mol. The van der Waals surface area contributed by atoms with Crippen LogP contribution in [0.2, 0.25) is 0 Å². The summed E-state index contributed by atoms with van der Waals surface area (Å²) in [5, 5.41) is 1.26. The molecule has 0 bridgehead atoms. The van der Waals surface area contributed by atoms with E-state index in [0.29, 0.717) is 18.5 Å². The van der Waals surface area contributed by atoms with Crippen molar-refractivity contribution in [1.82, 2.24) is 4.90 Å². The molecule has 1 amide bonds. The molecular weight excluding hydrogens is 326 g/mol. The van der Waals surface area contributed by atoms with E-state index in [0.717, 1.165) is 11.1 Å². The van der Waals surface area contributed by atoms with Crippen molar-refractivity contribution in [3.8, 4) is 0 Å². The van der Waals surface area contributed by atoms with Crippen LogP contribution in [0.4, 0.5) is 4.79 Å². The fourth-order valence-corrected chi connectivity index (χ4v) is 3.19. The average molecular weight is 349 g/mol. The van der Waals surface area contributed by atoms with Crippen molar-refractivity contribution in [3.63, 3.8) is 0 Å². The molecule has 6 heteroatoms. The quantitative estimate of drug-likeness (QED) is 0.765. The van der Waals surface area contributed by atoms with Crippen LogP contribution in [0, 0.1) is 0 Å². The van der Waals surface area contributed by atoms with E-state index in [4.69, 9.17) is 4.74 Å². The summed E-state index contributed by atoms with van der Waals surface area (Å²) in [7, 11) is -2.27. The Morgan fingerprint density at radius 2 is 1.88 bits per heavy atom. The molecule has 130 valence electrons. The molecule has 5 nitrogen and oxygen atoms in total. The molecule has 1 heterocycles. The van der Waals surface area contributed by atoms with Gasteiger partial charge in [0.15, 0.2) is 5.78 Å². The smallest absolute Gasteiger partial charge is 0.410 e. The predicted octanol–water partition coefficient (Wildman–Crippen LogP) is 2.26. The van der Waals surface area contributed by atoms with Gasteiger partial charge in [0.05, 0.1) is 6.54 Å². The van der Waals surface area contributed by atoms with Crippen LogP contribution in [-0.2, 0) is 25.7 Å². The maximum absolute atomic E-state index is 12.3. The van der Waals surface area contributed by atoms with E-state index in [9.17, 15) is 13.8 Å². The first-order chi connectivity index (χ1) is 11.3. The third kappa shape index (κ3) is 4.96. The van der Waals surface area contributed by atoms with Gasteiger partial charge in [-0.2, -0.15) is 0 Å². The highest BCUT2D eigenvalue weighted by molar-refractivity contribution is 8.01. The molecule has 24 heavy (non-hydrogen) atoms. The van der Waals surface area contributed by atoms with E-state index in [1.165, 1.54) is 22.8 Å². The van der Waals surface area contributed by atoms with Gasteiger partial charge >= 0.3 is 6.09 Å². The minimum absolute atomic E-state index is 0.199. The number of Topliss-reactive ketones (excluding diaryl/α,β-unsaturated/α-hetero) is 1. The number of rotatable bonds is 5. The van der Waals surface area contributed by atoms with Gasteiger partial charge in [0.1, 0.15) is 6.61 Å². The molecular formula is C18H23NO4S. The highest BCUT2D eigenvalue weighted by atomic mass is 32.2. The zero-order valence-corrected chi connectivity index (χ0v) is 15.1. The van der Waals surface area contributed by atoms with Crippen molar-refractivity contribution in [2.45, 2.75) is 20.0 Å². The summed E-state index contributed by atoms with van der Waals surface area (Å²) in [4.78, 5) is 26.0. The first kappa shape index (κ1) is 18.3. The number of carbonyl (C=O) groups is 2. The van der Waals surface area contributed by atoms with Crippen LogP contribution in [-0.4, -0.2) is 52.0 Å². The standard InChI is InChI=1S/C18H23NO4S/c1-4-15-10-19(11-16(15)17(20)13-24(2,3)22)18(21)23-12-14-8-6-5-7-9-14/h5-9,13H,4,10-12H2,1-3H3. The molecule has 0 aliphatic carbocycles. The third-order valence-corrected chi connectivity index (χ3v) is 4.52. The average Bonchev–Trinajstić information content (AvgIpc) is 2.96. The highest BCUT2D eigenvalue weighted by Crippen LogP contribution is 2.21. The van der Waals surface area contributed by atoms with Crippen LogP contribution in [0.25, 0.3) is 0 Å². The Bertz CT molecular complexity index is 765. The molecule has 0 spiro atoms. The molecule has 0 unspecified atom stereocenters. The molecule has 0 atom stereocenters. The van der Waals surface area contributed by atoms with Crippen molar-refractivity contribution in [1.29, 1.82) is 0 Å². The summed E-state index contributed by atoms with van der Waals surface area (Å²) in [6.07, 6.45) is 3.28. The molecule has 2 rings (SSSR count). The highest BCUT2D eigenvalue weighted by Gasteiger charge is 2.29. The summed E-state index contributed by atoms with van der Waals surface area (Å²) in [5.74, 6) is -0.250. The van der Waals surface area contributed by atoms with Crippen LogP contribution in [0.3, 0.4) is 0 Å². The summed E-state index contributed by atoms with van der Waals surface area (Å²) in [6, 6.07) is 9.44. The summed E-state index contributed by atoms with van der Waals surface area (Å²) < 4.78 is 17.1. The molecule has 1 aromatic carbocycles. The minimum Gasteiger partial charge on any atom is -0.445 e. The molecule has 0 saturated carbocycles. The number of ketones is 1. The second-order valence-corrected chi connectivity index (χ2v) is 8.98. The van der Waals surface area contributed by atoms with Crippen LogP contribution in [0.1, 0.15) is 18.9 Å². The molecule has 0 saturated heterocycles. The van der Waals surface area contributed by atoms with Gasteiger partial charge in [-0.3, -0.25) is 13.9 Å². The lowest BCUT2D eigenvalue weighted by atomic mass is 10.1. The Morgan fingerprint density at radius 3 is 2.46 bits per heavy atom. The number of nitrogens with zero attached hydrogens (tertiary/aromatic N) is 1. The largest absolute Gasteiger partial charge is 0.445 e. The number of benzene rings is 1. The SMILES string of the molecule is CCC1=C(C(=O)C=S(C)(C)=O)CN(C(=O)OCc2ccccc2)C1. The topological polar surface area (TPSA) is 63.7 Å². The van der Waals surface area contributed by atoms with Crippen molar-refractivity contribution in [2.75, 3.05) is 25.6 Å². The van der Waals surface area contributed by atoms with Gasteiger partial charge in [0.25, 0.3) is 0 Å². The minimum atomic E-state index is -2.27. The van der Waals surface area contributed by atoms with Gasteiger partial charge in [0.2, 0.25) is 0 Å². The maximum atomic E-state index is 12.3. The second-order valence-electron chi connectivity index (χ2n) is 6.12. The zero-order valence-electron chi connectivity index (χ0n) is 14.3. The first-order valence-corrected chi connectivity index (χ1v) is 10.2. The van der Waals surface area contributed by atoms with Gasteiger partial charge < -0.3 is 4.74 Å². The van der Waals surface area contributed by atoms with Crippen molar-refractivity contribution in [2.24, 2.45) is 0 Å². The second kappa shape index (κ2) is 7.66. The molecule has 1 aliphatic rings. The normalized spacial score (nSPS) is 14.7. The van der Waals surface area contributed by atoms with E-state index < -0.39 is 15.6 Å². The Kier molecular flexibility index (Phi) is 5.83. The van der Waals surface area contributed by atoms with Crippen LogP contribution >= 0.6 is 0 Å². The maximum Gasteiger partial charge on any atom is 0.410 e. The van der Waals surface area contributed by atoms with Gasteiger partial charge in [-0.15, -0.1) is 0 Å². The van der Waals surface area contributed by atoms with E-state index >= 15 is 0 Å². The van der Waals surface area contributed by atoms with Gasteiger partial charge in [-0.25, -0.2) is 4.79 Å². The molecule has 0 radical (unpaired) electrons. The van der Waals surface area contributed by atoms with E-state index in [1.54, 1.807) is 0 Å². The Hall–Kier alpha value is -2.08. The molecule has 0 fully saturated rings. The van der Waals surface area contributed by atoms with Gasteiger partial charge in [-0.1, -0.05) is 37.3 Å². The Labute approximate surface area is 143 Å². The number of ether oxygens (including phenoxy) is 1. The molecule has 1 aromatic rings. The number of amides is 1. The lowest BCUT2D eigenvalue weighted by Crippen LogP contribution is -2.30. The molecule has 0 aromatic heterocycles. The van der Waals surface area contributed by atoms with Gasteiger partial charge in [-0.05, 0) is 27.1 Å². The van der Waals surface area contributed by atoms with E-state index in [-0.39, 0.29) is 18.9 Å². The van der Waals surface area contributed by atoms with Crippen molar-refractivity contribution < 1.29 is 18.5 Å². The first-order valence-electron chi connectivity index (χ1n) is 7.80. The van der Waals surface area contributed by atoms with Gasteiger partial charge in [0, 0.05) is 30.0 Å². The van der Waals surface area contributed by atoms with Crippen molar-refractivity contribution >= 4 is 26.8 Å². The van der Waals surface area contributed by atoms with Crippen molar-refractivity contribution in [3.05, 3.63) is 47.0 Å². The number of hydrogen-bond donors (Lipinski definition) is 0. The number of carbonyl (C=O) groups excluding carboxylic acids is 2. The molecule has 0 N–H and O–H groups in total. The summed E-state index contributed by atoms with van der Waals surface area (Å²) in [6.45, 7) is 2.73. The Morgan fingerprint density at radius 1 is 1.21 bits per heavy atom. The number of hydrogen-bond acceptors (Lipinski definition) is 4. The molecule has 1 aliphatic heterocycles. The van der Waals surface area contributed by atoms with Crippen LogP contribution in [0.15, 0.2) is 41.5 Å². The lowest BCUT2D eigenvalue weighted by molar-refractivity contribution is -0.109. The lowest BCUT2D eigenvalue weighted by Gasteiger charge is -2.16.